The number of aliphatic hydroxyl groups is 1. The second kappa shape index (κ2) is 5.71. The molecule has 0 radical (unpaired) electrons. The van der Waals surface area contributed by atoms with E-state index in [1.807, 2.05) is 17.8 Å². The summed E-state index contributed by atoms with van der Waals surface area (Å²) in [4.78, 5) is 0. The van der Waals surface area contributed by atoms with Crippen LogP contribution in [0, 0.1) is 0 Å². The molecule has 1 aromatic rings. The maximum absolute atomic E-state index is 10.3. The second-order valence-electron chi connectivity index (χ2n) is 4.45. The average molecular weight is 237 g/mol. The molecule has 0 amide bonds. The van der Waals surface area contributed by atoms with E-state index in [-0.39, 0.29) is 0 Å². The van der Waals surface area contributed by atoms with Crippen LogP contribution in [-0.2, 0) is 5.75 Å². The van der Waals surface area contributed by atoms with Gasteiger partial charge in [0, 0.05) is 11.5 Å². The first-order valence-corrected chi connectivity index (χ1v) is 6.99. The summed E-state index contributed by atoms with van der Waals surface area (Å²) in [6.07, 6.45) is 1.77. The third-order valence-electron chi connectivity index (χ3n) is 3.02. The van der Waals surface area contributed by atoms with Crippen molar-refractivity contribution >= 4 is 11.8 Å². The van der Waals surface area contributed by atoms with E-state index < -0.39 is 5.60 Å². The minimum Gasteiger partial charge on any atom is -0.389 e. The number of nitrogens with one attached hydrogen (secondary N) is 1. The van der Waals surface area contributed by atoms with Gasteiger partial charge in [-0.15, -0.1) is 0 Å². The van der Waals surface area contributed by atoms with E-state index in [0.29, 0.717) is 0 Å². The molecule has 0 aliphatic carbocycles. The normalized spacial score (nSPS) is 19.6. The average Bonchev–Trinajstić information content (AvgIpc) is 2.31. The number of hydrogen-bond acceptors (Lipinski definition) is 3. The molecule has 0 aromatic heterocycles. The van der Waals surface area contributed by atoms with Crippen molar-refractivity contribution in [1.29, 1.82) is 0 Å². The Hall–Kier alpha value is -0.510. The lowest BCUT2D eigenvalue weighted by Crippen LogP contribution is -2.43. The Balaban J connectivity index is 1.75. The standard InChI is InChI=1S/C13H19NOS/c15-13(6-8-14-9-7-13)11-16-10-12-4-2-1-3-5-12/h1-5,14-15H,6-11H2. The summed E-state index contributed by atoms with van der Waals surface area (Å²) < 4.78 is 0. The number of benzene rings is 1. The van der Waals surface area contributed by atoms with E-state index in [1.165, 1.54) is 5.56 Å². The van der Waals surface area contributed by atoms with Gasteiger partial charge in [0.05, 0.1) is 5.60 Å². The van der Waals surface area contributed by atoms with Crippen molar-refractivity contribution in [2.75, 3.05) is 18.8 Å². The van der Waals surface area contributed by atoms with E-state index in [1.54, 1.807) is 0 Å². The molecule has 2 nitrogen and oxygen atoms in total. The van der Waals surface area contributed by atoms with Crippen molar-refractivity contribution in [2.24, 2.45) is 0 Å². The molecule has 1 aliphatic heterocycles. The van der Waals surface area contributed by atoms with Crippen LogP contribution in [0.5, 0.6) is 0 Å². The summed E-state index contributed by atoms with van der Waals surface area (Å²) in [5.41, 5.74) is 0.898. The Morgan fingerprint density at radius 2 is 1.88 bits per heavy atom. The summed E-state index contributed by atoms with van der Waals surface area (Å²) in [6, 6.07) is 10.4. The van der Waals surface area contributed by atoms with E-state index >= 15 is 0 Å². The number of thioether (sulfide) groups is 1. The molecule has 0 saturated carbocycles. The van der Waals surface area contributed by atoms with Crippen LogP contribution in [0.1, 0.15) is 18.4 Å². The first-order chi connectivity index (χ1) is 7.79. The Kier molecular flexibility index (Phi) is 4.27. The first-order valence-electron chi connectivity index (χ1n) is 5.83. The van der Waals surface area contributed by atoms with Crippen molar-refractivity contribution in [3.63, 3.8) is 0 Å². The maximum Gasteiger partial charge on any atom is 0.0762 e. The number of hydrogen-bond donors (Lipinski definition) is 2. The molecule has 0 atom stereocenters. The van der Waals surface area contributed by atoms with Gasteiger partial charge in [0.15, 0.2) is 0 Å². The molecule has 1 heterocycles. The zero-order chi connectivity index (χ0) is 11.3. The summed E-state index contributed by atoms with van der Waals surface area (Å²) in [5, 5.41) is 13.6. The highest BCUT2D eigenvalue weighted by Crippen LogP contribution is 2.25. The summed E-state index contributed by atoms with van der Waals surface area (Å²) >= 11 is 1.83. The van der Waals surface area contributed by atoms with Crippen molar-refractivity contribution in [1.82, 2.24) is 5.32 Å². The fourth-order valence-corrected chi connectivity index (χ4v) is 3.17. The van der Waals surface area contributed by atoms with E-state index in [2.05, 4.69) is 29.6 Å². The molecule has 16 heavy (non-hydrogen) atoms. The molecular weight excluding hydrogens is 218 g/mol. The maximum atomic E-state index is 10.3. The molecular formula is C13H19NOS. The molecule has 1 saturated heterocycles. The Morgan fingerprint density at radius 3 is 2.56 bits per heavy atom. The molecule has 3 heteroatoms. The van der Waals surface area contributed by atoms with Crippen LogP contribution in [0.4, 0.5) is 0 Å². The van der Waals surface area contributed by atoms with Crippen molar-refractivity contribution < 1.29 is 5.11 Å². The third kappa shape index (κ3) is 3.51. The predicted molar refractivity (Wildman–Crippen MR) is 69.7 cm³/mol. The SMILES string of the molecule is OC1(CSCc2ccccc2)CCNCC1. The number of piperidine rings is 1. The summed E-state index contributed by atoms with van der Waals surface area (Å²) in [7, 11) is 0. The van der Waals surface area contributed by atoms with Crippen molar-refractivity contribution in [2.45, 2.75) is 24.2 Å². The van der Waals surface area contributed by atoms with Crippen molar-refractivity contribution in [3.05, 3.63) is 35.9 Å². The van der Waals surface area contributed by atoms with Gasteiger partial charge in [-0.3, -0.25) is 0 Å². The van der Waals surface area contributed by atoms with Crippen LogP contribution in [0.2, 0.25) is 0 Å². The van der Waals surface area contributed by atoms with Crippen LogP contribution in [0.25, 0.3) is 0 Å². The minimum atomic E-state index is -0.440. The highest BCUT2D eigenvalue weighted by atomic mass is 32.2. The highest BCUT2D eigenvalue weighted by molar-refractivity contribution is 7.98. The zero-order valence-electron chi connectivity index (χ0n) is 9.48. The largest absolute Gasteiger partial charge is 0.389 e. The summed E-state index contributed by atoms with van der Waals surface area (Å²) in [5.74, 6) is 1.85. The first kappa shape index (κ1) is 12.0. The Bertz CT molecular complexity index is 309. The fraction of sp³-hybridized carbons (Fsp3) is 0.538. The number of rotatable bonds is 4. The van der Waals surface area contributed by atoms with Crippen LogP contribution in [0.15, 0.2) is 30.3 Å². The quantitative estimate of drug-likeness (QED) is 0.840. The molecule has 2 rings (SSSR count). The van der Waals surface area contributed by atoms with Gasteiger partial charge < -0.3 is 10.4 Å². The van der Waals surface area contributed by atoms with E-state index in [4.69, 9.17) is 0 Å². The van der Waals surface area contributed by atoms with E-state index in [9.17, 15) is 5.11 Å². The molecule has 88 valence electrons. The lowest BCUT2D eigenvalue weighted by molar-refractivity contribution is 0.0339. The molecule has 1 fully saturated rings. The summed E-state index contributed by atoms with van der Waals surface area (Å²) in [6.45, 7) is 1.89. The van der Waals surface area contributed by atoms with Gasteiger partial charge >= 0.3 is 0 Å². The Morgan fingerprint density at radius 1 is 1.19 bits per heavy atom. The van der Waals surface area contributed by atoms with Crippen LogP contribution >= 0.6 is 11.8 Å². The minimum absolute atomic E-state index is 0.440. The molecule has 2 N–H and O–H groups in total. The van der Waals surface area contributed by atoms with Gasteiger partial charge in [0.1, 0.15) is 0 Å². The van der Waals surface area contributed by atoms with Crippen LogP contribution in [-0.4, -0.2) is 29.5 Å². The topological polar surface area (TPSA) is 32.3 Å². The zero-order valence-corrected chi connectivity index (χ0v) is 10.3. The highest BCUT2D eigenvalue weighted by Gasteiger charge is 2.28. The fourth-order valence-electron chi connectivity index (χ4n) is 1.97. The van der Waals surface area contributed by atoms with Crippen LogP contribution < -0.4 is 5.32 Å². The second-order valence-corrected chi connectivity index (χ2v) is 5.44. The predicted octanol–water partition coefficient (Wildman–Crippen LogP) is 2.03. The Labute approximate surface area is 101 Å². The monoisotopic (exact) mass is 237 g/mol. The molecule has 0 bridgehead atoms. The van der Waals surface area contributed by atoms with Gasteiger partial charge in [-0.1, -0.05) is 30.3 Å². The third-order valence-corrected chi connectivity index (χ3v) is 4.30. The van der Waals surface area contributed by atoms with Crippen molar-refractivity contribution in [3.8, 4) is 0 Å². The van der Waals surface area contributed by atoms with Gasteiger partial charge in [0.25, 0.3) is 0 Å². The molecule has 1 aromatic carbocycles. The smallest absolute Gasteiger partial charge is 0.0762 e. The van der Waals surface area contributed by atoms with Gasteiger partial charge in [0.2, 0.25) is 0 Å². The van der Waals surface area contributed by atoms with Crippen LogP contribution in [0.3, 0.4) is 0 Å². The van der Waals surface area contributed by atoms with Gasteiger partial charge in [-0.05, 0) is 31.5 Å². The van der Waals surface area contributed by atoms with Gasteiger partial charge in [-0.2, -0.15) is 11.8 Å². The molecule has 0 spiro atoms. The lowest BCUT2D eigenvalue weighted by Gasteiger charge is -2.32. The van der Waals surface area contributed by atoms with Gasteiger partial charge in [-0.25, -0.2) is 0 Å². The lowest BCUT2D eigenvalue weighted by atomic mass is 9.95. The molecule has 1 aliphatic rings. The molecule has 0 unspecified atom stereocenters. The van der Waals surface area contributed by atoms with E-state index in [0.717, 1.165) is 37.4 Å².